The lowest BCUT2D eigenvalue weighted by Gasteiger charge is -1.99. The standard InChI is InChI=1S/C11H9N5O4S/c1-6-4-7(12)2-3-8(6)13-14-11-9(15(17)18)5-10(21-11)16(19)20/h2-5H,12H2,1H3. The monoisotopic (exact) mass is 307 g/mol. The third-order valence-corrected chi connectivity index (χ3v) is 3.49. The first-order valence-electron chi connectivity index (χ1n) is 5.59. The molecule has 2 rings (SSSR count). The number of hydrogen-bond donors (Lipinski definition) is 1. The predicted octanol–water partition coefficient (Wildman–Crippen LogP) is 3.87. The van der Waals surface area contributed by atoms with E-state index >= 15 is 0 Å². The molecular formula is C11H9N5O4S. The molecule has 0 bridgehead atoms. The van der Waals surface area contributed by atoms with Crippen molar-refractivity contribution in [3.05, 3.63) is 50.1 Å². The number of rotatable bonds is 4. The topological polar surface area (TPSA) is 137 Å². The van der Waals surface area contributed by atoms with Gasteiger partial charge in [0.2, 0.25) is 5.00 Å². The van der Waals surface area contributed by atoms with Crippen molar-refractivity contribution in [1.29, 1.82) is 0 Å². The van der Waals surface area contributed by atoms with Crippen molar-refractivity contribution in [1.82, 2.24) is 0 Å². The summed E-state index contributed by atoms with van der Waals surface area (Å²) in [5.74, 6) is 0. The number of nitrogen functional groups attached to an aromatic ring is 1. The zero-order valence-electron chi connectivity index (χ0n) is 10.7. The molecular weight excluding hydrogens is 298 g/mol. The molecule has 0 spiro atoms. The highest BCUT2D eigenvalue weighted by Gasteiger charge is 2.25. The summed E-state index contributed by atoms with van der Waals surface area (Å²) in [4.78, 5) is 20.1. The molecule has 1 aromatic heterocycles. The second kappa shape index (κ2) is 5.63. The van der Waals surface area contributed by atoms with Crippen molar-refractivity contribution in [2.24, 2.45) is 10.2 Å². The van der Waals surface area contributed by atoms with E-state index in [9.17, 15) is 20.2 Å². The van der Waals surface area contributed by atoms with Crippen molar-refractivity contribution in [2.75, 3.05) is 5.73 Å². The summed E-state index contributed by atoms with van der Waals surface area (Å²) < 4.78 is 0. The summed E-state index contributed by atoms with van der Waals surface area (Å²) in [5, 5.41) is 28.7. The average Bonchev–Trinajstić information content (AvgIpc) is 2.82. The fourth-order valence-corrected chi connectivity index (χ4v) is 2.30. The minimum absolute atomic E-state index is 0.122. The first kappa shape index (κ1) is 14.5. The van der Waals surface area contributed by atoms with Crippen LogP contribution in [0, 0.1) is 27.2 Å². The van der Waals surface area contributed by atoms with Crippen LogP contribution in [0.15, 0.2) is 34.5 Å². The van der Waals surface area contributed by atoms with Gasteiger partial charge in [0, 0.05) is 5.69 Å². The maximum absolute atomic E-state index is 10.9. The zero-order valence-corrected chi connectivity index (χ0v) is 11.5. The second-order valence-corrected chi connectivity index (χ2v) is 5.04. The number of nitrogens with two attached hydrogens (primary N) is 1. The lowest BCUT2D eigenvalue weighted by molar-refractivity contribution is -0.389. The highest BCUT2D eigenvalue weighted by molar-refractivity contribution is 7.19. The van der Waals surface area contributed by atoms with Gasteiger partial charge in [-0.15, -0.1) is 10.2 Å². The number of nitrogens with zero attached hydrogens (tertiary/aromatic N) is 4. The number of aryl methyl sites for hydroxylation is 1. The Labute approximate surface area is 122 Å². The first-order valence-corrected chi connectivity index (χ1v) is 6.40. The van der Waals surface area contributed by atoms with E-state index in [0.717, 1.165) is 11.6 Å². The van der Waals surface area contributed by atoms with Gasteiger partial charge in [0.05, 0.1) is 15.5 Å². The SMILES string of the molecule is Cc1cc(N)ccc1N=Nc1sc([N+](=O)[O-])cc1[N+](=O)[O-]. The van der Waals surface area contributed by atoms with E-state index in [1.54, 1.807) is 25.1 Å². The molecule has 0 saturated heterocycles. The largest absolute Gasteiger partial charge is 0.399 e. The summed E-state index contributed by atoms with van der Waals surface area (Å²) in [6.45, 7) is 1.76. The average molecular weight is 307 g/mol. The van der Waals surface area contributed by atoms with E-state index in [-0.39, 0.29) is 10.0 Å². The molecule has 0 atom stereocenters. The highest BCUT2D eigenvalue weighted by Crippen LogP contribution is 2.42. The van der Waals surface area contributed by atoms with Gasteiger partial charge in [0.25, 0.3) is 0 Å². The Balaban J connectivity index is 2.40. The van der Waals surface area contributed by atoms with Crippen LogP contribution in [0.25, 0.3) is 0 Å². The molecule has 0 radical (unpaired) electrons. The minimum Gasteiger partial charge on any atom is -0.399 e. The van der Waals surface area contributed by atoms with E-state index < -0.39 is 15.5 Å². The van der Waals surface area contributed by atoms with Crippen LogP contribution >= 0.6 is 11.3 Å². The van der Waals surface area contributed by atoms with Crippen LogP contribution in [-0.2, 0) is 0 Å². The smallest absolute Gasteiger partial charge is 0.333 e. The Hall–Kier alpha value is -2.88. The van der Waals surface area contributed by atoms with Crippen LogP contribution in [0.4, 0.5) is 27.1 Å². The second-order valence-electron chi connectivity index (χ2n) is 4.04. The van der Waals surface area contributed by atoms with Gasteiger partial charge in [-0.1, -0.05) is 0 Å². The Morgan fingerprint density at radius 3 is 2.43 bits per heavy atom. The van der Waals surface area contributed by atoms with Gasteiger partial charge in [-0.2, -0.15) is 0 Å². The van der Waals surface area contributed by atoms with Gasteiger partial charge in [0.15, 0.2) is 0 Å². The maximum atomic E-state index is 10.9. The van der Waals surface area contributed by atoms with Gasteiger partial charge >= 0.3 is 10.7 Å². The Morgan fingerprint density at radius 2 is 1.86 bits per heavy atom. The molecule has 9 nitrogen and oxygen atoms in total. The summed E-state index contributed by atoms with van der Waals surface area (Å²) in [6, 6.07) is 5.78. The summed E-state index contributed by atoms with van der Waals surface area (Å²) in [5.41, 5.74) is 6.94. The van der Waals surface area contributed by atoms with Gasteiger partial charge in [-0.25, -0.2) is 0 Å². The molecule has 0 unspecified atom stereocenters. The van der Waals surface area contributed by atoms with Crippen LogP contribution in [0.3, 0.4) is 0 Å². The third-order valence-electron chi connectivity index (χ3n) is 2.53. The molecule has 21 heavy (non-hydrogen) atoms. The van der Waals surface area contributed by atoms with E-state index in [2.05, 4.69) is 10.2 Å². The fraction of sp³-hybridized carbons (Fsp3) is 0.0909. The van der Waals surface area contributed by atoms with Gasteiger partial charge in [-0.3, -0.25) is 20.2 Å². The molecule has 0 amide bonds. The number of thiophene rings is 1. The summed E-state index contributed by atoms with van der Waals surface area (Å²) >= 11 is 0.598. The van der Waals surface area contributed by atoms with Crippen molar-refractivity contribution < 1.29 is 9.85 Å². The molecule has 0 aliphatic rings. The molecule has 10 heteroatoms. The number of hydrogen-bond acceptors (Lipinski definition) is 8. The molecule has 2 aromatic rings. The Bertz CT molecular complexity index is 755. The molecule has 0 aliphatic heterocycles. The fourth-order valence-electron chi connectivity index (χ4n) is 1.54. The van der Waals surface area contributed by atoms with Crippen molar-refractivity contribution in [2.45, 2.75) is 6.92 Å². The van der Waals surface area contributed by atoms with E-state index in [1.807, 2.05) is 0 Å². The van der Waals surface area contributed by atoms with E-state index in [1.165, 1.54) is 0 Å². The van der Waals surface area contributed by atoms with Crippen molar-refractivity contribution in [3.63, 3.8) is 0 Å². The molecule has 1 aromatic carbocycles. The molecule has 1 heterocycles. The first-order chi connectivity index (χ1) is 9.88. The van der Waals surface area contributed by atoms with Crippen LogP contribution in [0.1, 0.15) is 5.56 Å². The number of anilines is 1. The molecule has 0 saturated carbocycles. The van der Waals surface area contributed by atoms with Crippen molar-refractivity contribution >= 4 is 38.4 Å². The number of nitro groups is 2. The summed E-state index contributed by atoms with van der Waals surface area (Å²) in [7, 11) is 0. The normalized spacial score (nSPS) is 10.9. The van der Waals surface area contributed by atoms with Gasteiger partial charge < -0.3 is 5.73 Å². The van der Waals surface area contributed by atoms with Crippen LogP contribution < -0.4 is 5.73 Å². The third kappa shape index (κ3) is 3.17. The number of benzene rings is 1. The molecule has 2 N–H and O–H groups in total. The van der Waals surface area contributed by atoms with Crippen LogP contribution in [0.5, 0.6) is 0 Å². The molecule has 0 aliphatic carbocycles. The molecule has 0 fully saturated rings. The van der Waals surface area contributed by atoms with Gasteiger partial charge in [-0.05, 0) is 42.0 Å². The lowest BCUT2D eigenvalue weighted by atomic mass is 10.2. The molecule has 108 valence electrons. The van der Waals surface area contributed by atoms with E-state index in [4.69, 9.17) is 5.73 Å². The van der Waals surface area contributed by atoms with E-state index in [0.29, 0.717) is 22.7 Å². The highest BCUT2D eigenvalue weighted by atomic mass is 32.1. The maximum Gasteiger partial charge on any atom is 0.333 e. The zero-order chi connectivity index (χ0) is 15.6. The van der Waals surface area contributed by atoms with Crippen LogP contribution in [0.2, 0.25) is 0 Å². The Kier molecular flexibility index (Phi) is 3.89. The van der Waals surface area contributed by atoms with Gasteiger partial charge in [0.1, 0.15) is 6.07 Å². The lowest BCUT2D eigenvalue weighted by Crippen LogP contribution is -1.85. The minimum atomic E-state index is -0.728. The quantitative estimate of drug-likeness (QED) is 0.395. The van der Waals surface area contributed by atoms with Crippen LogP contribution in [-0.4, -0.2) is 9.85 Å². The summed E-state index contributed by atoms with van der Waals surface area (Å²) in [6.07, 6.45) is 0. The van der Waals surface area contributed by atoms with Crippen molar-refractivity contribution in [3.8, 4) is 0 Å². The number of azo groups is 1. The predicted molar refractivity (Wildman–Crippen MR) is 77.4 cm³/mol. The Morgan fingerprint density at radius 1 is 1.14 bits per heavy atom.